The van der Waals surface area contributed by atoms with Crippen molar-refractivity contribution < 1.29 is 27.5 Å². The van der Waals surface area contributed by atoms with Gasteiger partial charge in [-0.1, -0.05) is 12.0 Å². The van der Waals surface area contributed by atoms with Gasteiger partial charge in [0, 0.05) is 5.56 Å². The van der Waals surface area contributed by atoms with Crippen LogP contribution in [-0.2, 0) is 14.8 Å². The number of esters is 1. The molecule has 1 N–H and O–H groups in total. The van der Waals surface area contributed by atoms with Gasteiger partial charge in [0.05, 0.1) is 24.1 Å². The maximum Gasteiger partial charge on any atom is 0.338 e. The molecule has 1 atom stereocenters. The Bertz CT molecular complexity index is 1010. The Morgan fingerprint density at radius 2 is 1.82 bits per heavy atom. The van der Waals surface area contributed by atoms with Gasteiger partial charge < -0.3 is 9.47 Å². The highest BCUT2D eigenvalue weighted by atomic mass is 32.2. The van der Waals surface area contributed by atoms with E-state index in [0.29, 0.717) is 11.3 Å². The molecule has 28 heavy (non-hydrogen) atoms. The highest BCUT2D eigenvalue weighted by Crippen LogP contribution is 2.16. The van der Waals surface area contributed by atoms with Gasteiger partial charge in [-0.25, -0.2) is 13.2 Å². The molecule has 2 aromatic carbocycles. The van der Waals surface area contributed by atoms with Crippen LogP contribution in [0.5, 0.6) is 5.75 Å². The lowest BCUT2D eigenvalue weighted by atomic mass is 10.1. The van der Waals surface area contributed by atoms with Gasteiger partial charge in [0.2, 0.25) is 15.8 Å². The largest absolute Gasteiger partial charge is 0.497 e. The molecule has 8 heteroatoms. The number of sulfonamides is 1. The van der Waals surface area contributed by atoms with E-state index in [-0.39, 0.29) is 17.0 Å². The average molecular weight is 401 g/mol. The molecule has 0 spiro atoms. The van der Waals surface area contributed by atoms with Gasteiger partial charge in [-0.2, -0.15) is 4.72 Å². The summed E-state index contributed by atoms with van der Waals surface area (Å²) in [7, 11) is -2.34. The van der Waals surface area contributed by atoms with Crippen LogP contribution in [0.2, 0.25) is 0 Å². The molecule has 7 nitrogen and oxygen atoms in total. The van der Waals surface area contributed by atoms with Crippen molar-refractivity contribution in [2.24, 2.45) is 0 Å². The molecule has 0 aliphatic carbocycles. The number of hydrogen-bond donors (Lipinski definition) is 1. The number of carbonyl (C=O) groups excluding carboxylic acids is 2. The summed E-state index contributed by atoms with van der Waals surface area (Å²) in [5.41, 5.74) is 0.355. The Morgan fingerprint density at radius 1 is 1.14 bits per heavy atom. The molecule has 0 fully saturated rings. The van der Waals surface area contributed by atoms with Crippen molar-refractivity contribution in [1.82, 2.24) is 4.72 Å². The lowest BCUT2D eigenvalue weighted by Gasteiger charge is -2.13. The van der Waals surface area contributed by atoms with Gasteiger partial charge in [0.15, 0.2) is 6.10 Å². The van der Waals surface area contributed by atoms with Crippen molar-refractivity contribution in [3.63, 3.8) is 0 Å². The first-order valence-electron chi connectivity index (χ1n) is 8.21. The summed E-state index contributed by atoms with van der Waals surface area (Å²) in [5, 5.41) is 0. The summed E-state index contributed by atoms with van der Waals surface area (Å²) in [6.07, 6.45) is 3.99. The molecule has 0 saturated heterocycles. The van der Waals surface area contributed by atoms with Crippen LogP contribution in [0.4, 0.5) is 0 Å². The minimum absolute atomic E-state index is 0.00189. The number of carbonyl (C=O) groups is 2. The van der Waals surface area contributed by atoms with E-state index >= 15 is 0 Å². The molecule has 0 saturated carbocycles. The van der Waals surface area contributed by atoms with Crippen LogP contribution in [0, 0.1) is 12.3 Å². The van der Waals surface area contributed by atoms with Crippen molar-refractivity contribution in [3.05, 3.63) is 59.7 Å². The predicted molar refractivity (Wildman–Crippen MR) is 103 cm³/mol. The number of Topliss-reactive ketones (excluding diaryl/α,β-unsaturated/α-hetero) is 1. The Hall–Kier alpha value is -3.15. The van der Waals surface area contributed by atoms with Crippen LogP contribution in [-0.4, -0.2) is 39.9 Å². The highest BCUT2D eigenvalue weighted by molar-refractivity contribution is 7.89. The molecule has 146 valence electrons. The van der Waals surface area contributed by atoms with E-state index in [0.717, 1.165) is 6.07 Å². The quantitative estimate of drug-likeness (QED) is 0.413. The van der Waals surface area contributed by atoms with Crippen LogP contribution < -0.4 is 9.46 Å². The van der Waals surface area contributed by atoms with Gasteiger partial charge in [-0.3, -0.25) is 4.79 Å². The number of hydrogen-bond acceptors (Lipinski definition) is 6. The summed E-state index contributed by atoms with van der Waals surface area (Å²) in [6, 6.07) is 11.7. The molecule has 0 bridgehead atoms. The van der Waals surface area contributed by atoms with E-state index in [9.17, 15) is 18.0 Å². The number of benzene rings is 2. The SMILES string of the molecule is C#CCNS(=O)(=O)c1cccc(C(=O)OC(C)C(=O)c2ccc(OC)cc2)c1. The molecule has 1 unspecified atom stereocenters. The molecular formula is C20H19NO6S. The highest BCUT2D eigenvalue weighted by Gasteiger charge is 2.22. The van der Waals surface area contributed by atoms with Gasteiger partial charge in [0.1, 0.15) is 5.75 Å². The second-order valence-corrected chi connectivity index (χ2v) is 7.46. The Kier molecular flexibility index (Phi) is 6.93. The van der Waals surface area contributed by atoms with Crippen LogP contribution in [0.3, 0.4) is 0 Å². The maximum absolute atomic E-state index is 12.4. The number of terminal acetylenes is 1. The topological polar surface area (TPSA) is 98.8 Å². The lowest BCUT2D eigenvalue weighted by Crippen LogP contribution is -2.25. The molecular weight excluding hydrogens is 382 g/mol. The third-order valence-electron chi connectivity index (χ3n) is 3.77. The van der Waals surface area contributed by atoms with Crippen LogP contribution in [0.15, 0.2) is 53.4 Å². The summed E-state index contributed by atoms with van der Waals surface area (Å²) < 4.78 is 36.6. The third-order valence-corrected chi connectivity index (χ3v) is 5.17. The predicted octanol–water partition coefficient (Wildman–Crippen LogP) is 2.03. The van der Waals surface area contributed by atoms with Crippen molar-refractivity contribution >= 4 is 21.8 Å². The number of nitrogens with one attached hydrogen (secondary N) is 1. The first-order chi connectivity index (χ1) is 13.3. The Labute approximate surface area is 163 Å². The van der Waals surface area contributed by atoms with E-state index in [1.165, 1.54) is 32.2 Å². The first kappa shape index (κ1) is 21.2. The second kappa shape index (κ2) is 9.17. The fourth-order valence-corrected chi connectivity index (χ4v) is 3.26. The van der Waals surface area contributed by atoms with Crippen molar-refractivity contribution in [1.29, 1.82) is 0 Å². The molecule has 0 aliphatic heterocycles. The van der Waals surface area contributed by atoms with Gasteiger partial charge in [-0.05, 0) is 49.4 Å². The summed E-state index contributed by atoms with van der Waals surface area (Å²) in [4.78, 5) is 24.6. The van der Waals surface area contributed by atoms with E-state index in [1.54, 1.807) is 24.3 Å². The monoisotopic (exact) mass is 401 g/mol. The summed E-state index contributed by atoms with van der Waals surface area (Å²) in [6.45, 7) is 1.27. The summed E-state index contributed by atoms with van der Waals surface area (Å²) in [5.74, 6) is 1.55. The Balaban J connectivity index is 2.12. The van der Waals surface area contributed by atoms with Gasteiger partial charge >= 0.3 is 5.97 Å². The normalized spacial score (nSPS) is 11.9. The standard InChI is InChI=1S/C20H19NO6S/c1-4-12-21-28(24,25)18-7-5-6-16(13-18)20(23)27-14(2)19(22)15-8-10-17(26-3)11-9-15/h1,5-11,13-14,21H,12H2,2-3H3. The van der Waals surface area contributed by atoms with E-state index in [1.807, 2.05) is 0 Å². The zero-order valence-electron chi connectivity index (χ0n) is 15.3. The molecule has 2 aromatic rings. The molecule has 2 rings (SSSR count). The minimum Gasteiger partial charge on any atom is -0.497 e. The number of ketones is 1. The Morgan fingerprint density at radius 3 is 2.43 bits per heavy atom. The molecule has 0 aliphatic rings. The van der Waals surface area contributed by atoms with Crippen molar-refractivity contribution in [3.8, 4) is 18.1 Å². The number of methoxy groups -OCH3 is 1. The first-order valence-corrected chi connectivity index (χ1v) is 9.69. The zero-order valence-corrected chi connectivity index (χ0v) is 16.2. The van der Waals surface area contributed by atoms with Crippen LogP contribution in [0.25, 0.3) is 0 Å². The fraction of sp³-hybridized carbons (Fsp3) is 0.200. The van der Waals surface area contributed by atoms with E-state index < -0.39 is 27.9 Å². The number of ether oxygens (including phenoxy) is 2. The second-order valence-electron chi connectivity index (χ2n) is 5.70. The smallest absolute Gasteiger partial charge is 0.338 e. The molecule has 0 amide bonds. The van der Waals surface area contributed by atoms with Crippen molar-refractivity contribution in [2.45, 2.75) is 17.9 Å². The van der Waals surface area contributed by atoms with Gasteiger partial charge in [-0.15, -0.1) is 6.42 Å². The summed E-state index contributed by atoms with van der Waals surface area (Å²) >= 11 is 0. The average Bonchev–Trinajstić information content (AvgIpc) is 2.71. The third kappa shape index (κ3) is 5.19. The minimum atomic E-state index is -3.85. The molecule has 0 heterocycles. The zero-order chi connectivity index (χ0) is 20.7. The van der Waals surface area contributed by atoms with Crippen LogP contribution >= 0.6 is 0 Å². The van der Waals surface area contributed by atoms with E-state index in [4.69, 9.17) is 15.9 Å². The maximum atomic E-state index is 12.4. The number of rotatable bonds is 8. The van der Waals surface area contributed by atoms with Crippen molar-refractivity contribution in [2.75, 3.05) is 13.7 Å². The molecule has 0 radical (unpaired) electrons. The molecule has 0 aromatic heterocycles. The van der Waals surface area contributed by atoms with Gasteiger partial charge in [0.25, 0.3) is 0 Å². The van der Waals surface area contributed by atoms with Crippen LogP contribution in [0.1, 0.15) is 27.6 Å². The fourth-order valence-electron chi connectivity index (χ4n) is 2.28. The van der Waals surface area contributed by atoms with E-state index in [2.05, 4.69) is 10.6 Å². The lowest BCUT2D eigenvalue weighted by molar-refractivity contribution is 0.0318.